The van der Waals surface area contributed by atoms with Crippen LogP contribution in [-0.4, -0.2) is 47.9 Å². The van der Waals surface area contributed by atoms with Crippen LogP contribution in [0.25, 0.3) is 11.0 Å². The molecule has 1 fully saturated rings. The smallest absolute Gasteiger partial charge is 0.221 e. The lowest BCUT2D eigenvalue weighted by molar-refractivity contribution is -0.124. The number of nitrogens with zero attached hydrogens (tertiary/aromatic N) is 2. The quantitative estimate of drug-likeness (QED) is 0.903. The molecule has 0 spiro atoms. The second-order valence-electron chi connectivity index (χ2n) is 5.42. The second-order valence-corrected chi connectivity index (χ2v) is 5.42. The van der Waals surface area contributed by atoms with Crippen molar-refractivity contribution in [3.63, 3.8) is 0 Å². The molecule has 0 bridgehead atoms. The lowest BCUT2D eigenvalue weighted by Crippen LogP contribution is -2.39. The Morgan fingerprint density at radius 2 is 2.27 bits per heavy atom. The van der Waals surface area contributed by atoms with E-state index in [2.05, 4.69) is 14.9 Å². The molecule has 2 aromatic rings. The summed E-state index contributed by atoms with van der Waals surface area (Å²) in [5.41, 5.74) is 2.03. The molecule has 2 heterocycles. The summed E-state index contributed by atoms with van der Waals surface area (Å²) < 4.78 is 12.9. The highest BCUT2D eigenvalue weighted by molar-refractivity contribution is 5.78. The van der Waals surface area contributed by atoms with E-state index in [1.165, 1.54) is 0 Å². The van der Waals surface area contributed by atoms with E-state index in [0.717, 1.165) is 16.9 Å². The van der Waals surface area contributed by atoms with Gasteiger partial charge in [-0.2, -0.15) is 0 Å². The first-order valence-electron chi connectivity index (χ1n) is 7.62. The van der Waals surface area contributed by atoms with Crippen LogP contribution in [0.1, 0.15) is 12.2 Å². The molecule has 1 saturated heterocycles. The lowest BCUT2D eigenvalue weighted by Gasteiger charge is -2.23. The third-order valence-electron chi connectivity index (χ3n) is 3.82. The fraction of sp³-hybridized carbons (Fsp3) is 0.500. The van der Waals surface area contributed by atoms with Crippen molar-refractivity contribution < 1.29 is 14.3 Å². The van der Waals surface area contributed by atoms with E-state index in [1.54, 1.807) is 0 Å². The van der Waals surface area contributed by atoms with Gasteiger partial charge in [-0.25, -0.2) is 4.98 Å². The van der Waals surface area contributed by atoms with Gasteiger partial charge >= 0.3 is 0 Å². The molecule has 1 aromatic carbocycles. The Morgan fingerprint density at radius 1 is 1.41 bits per heavy atom. The fourth-order valence-corrected chi connectivity index (χ4v) is 2.66. The number of hydrogen-bond donors (Lipinski definition) is 1. The number of para-hydroxylation sites is 2. The molecule has 118 valence electrons. The van der Waals surface area contributed by atoms with E-state index >= 15 is 0 Å². The second kappa shape index (κ2) is 6.89. The van der Waals surface area contributed by atoms with Gasteiger partial charge in [-0.3, -0.25) is 4.79 Å². The molecule has 1 aliphatic heterocycles. The summed E-state index contributed by atoms with van der Waals surface area (Å²) in [7, 11) is 0. The number of carbonyl (C=O) groups is 1. The maximum atomic E-state index is 12.0. The molecule has 1 amide bonds. The first kappa shape index (κ1) is 15.0. The summed E-state index contributed by atoms with van der Waals surface area (Å²) in [4.78, 5) is 16.5. The third-order valence-corrected chi connectivity index (χ3v) is 3.82. The van der Waals surface area contributed by atoms with Crippen molar-refractivity contribution in [2.45, 2.75) is 26.0 Å². The minimum atomic E-state index is -0.0338. The SMILES string of the molecule is Cc1nc2ccccc2n1CCC(=O)NCC1COCCO1. The molecule has 22 heavy (non-hydrogen) atoms. The van der Waals surface area contributed by atoms with Crippen molar-refractivity contribution in [1.82, 2.24) is 14.9 Å². The molecular formula is C16H21N3O3. The Morgan fingerprint density at radius 3 is 3.09 bits per heavy atom. The van der Waals surface area contributed by atoms with Gasteiger partial charge in [-0.1, -0.05) is 12.1 Å². The topological polar surface area (TPSA) is 65.4 Å². The zero-order valence-electron chi connectivity index (χ0n) is 12.7. The number of fused-ring (bicyclic) bond motifs is 1. The van der Waals surface area contributed by atoms with Crippen molar-refractivity contribution in [3.05, 3.63) is 30.1 Å². The molecular weight excluding hydrogens is 282 g/mol. The molecule has 1 unspecified atom stereocenters. The molecule has 1 aromatic heterocycles. The standard InChI is InChI=1S/C16H21N3O3/c1-12-18-14-4-2-3-5-15(14)19(12)7-6-16(20)17-10-13-11-21-8-9-22-13/h2-5,13H,6-11H2,1H3,(H,17,20). The van der Waals surface area contributed by atoms with Crippen molar-refractivity contribution >= 4 is 16.9 Å². The molecule has 3 rings (SSSR count). The number of rotatable bonds is 5. The van der Waals surface area contributed by atoms with E-state index in [-0.39, 0.29) is 12.0 Å². The van der Waals surface area contributed by atoms with Crippen molar-refractivity contribution in [2.24, 2.45) is 0 Å². The molecule has 0 aliphatic carbocycles. The Balaban J connectivity index is 1.52. The van der Waals surface area contributed by atoms with E-state index in [9.17, 15) is 4.79 Å². The number of aromatic nitrogens is 2. The highest BCUT2D eigenvalue weighted by Gasteiger charge is 2.15. The summed E-state index contributed by atoms with van der Waals surface area (Å²) in [5.74, 6) is 0.948. The number of imidazole rings is 1. The summed E-state index contributed by atoms with van der Waals surface area (Å²) in [5, 5.41) is 2.90. The van der Waals surface area contributed by atoms with Crippen LogP contribution < -0.4 is 5.32 Å². The lowest BCUT2D eigenvalue weighted by atomic mass is 10.3. The van der Waals surface area contributed by atoms with Crippen LogP contribution in [0, 0.1) is 6.92 Å². The number of nitrogens with one attached hydrogen (secondary N) is 1. The predicted molar refractivity (Wildman–Crippen MR) is 82.7 cm³/mol. The fourth-order valence-electron chi connectivity index (χ4n) is 2.66. The summed E-state index contributed by atoms with van der Waals surface area (Å²) in [6, 6.07) is 7.97. The minimum absolute atomic E-state index is 0.0198. The van der Waals surface area contributed by atoms with Crippen LogP contribution >= 0.6 is 0 Å². The van der Waals surface area contributed by atoms with Crippen LogP contribution in [0.5, 0.6) is 0 Å². The first-order chi connectivity index (χ1) is 10.7. The van der Waals surface area contributed by atoms with E-state index < -0.39 is 0 Å². The van der Waals surface area contributed by atoms with Gasteiger partial charge in [0.05, 0.1) is 37.0 Å². The third kappa shape index (κ3) is 3.45. The first-order valence-corrected chi connectivity index (χ1v) is 7.62. The number of ether oxygens (including phenoxy) is 2. The zero-order chi connectivity index (χ0) is 15.4. The van der Waals surface area contributed by atoms with Crippen LogP contribution in [0.15, 0.2) is 24.3 Å². The van der Waals surface area contributed by atoms with Crippen molar-refractivity contribution in [1.29, 1.82) is 0 Å². The molecule has 1 atom stereocenters. The number of amides is 1. The van der Waals surface area contributed by atoms with Crippen LogP contribution in [0.4, 0.5) is 0 Å². The van der Waals surface area contributed by atoms with Gasteiger partial charge in [0, 0.05) is 19.5 Å². The average Bonchev–Trinajstić information content (AvgIpc) is 2.87. The molecule has 0 radical (unpaired) electrons. The van der Waals surface area contributed by atoms with Crippen molar-refractivity contribution in [3.8, 4) is 0 Å². The zero-order valence-corrected chi connectivity index (χ0v) is 12.7. The maximum absolute atomic E-state index is 12.0. The maximum Gasteiger partial charge on any atom is 0.221 e. The van der Waals surface area contributed by atoms with E-state index in [0.29, 0.717) is 39.3 Å². The minimum Gasteiger partial charge on any atom is -0.376 e. The van der Waals surface area contributed by atoms with Crippen LogP contribution in [0.3, 0.4) is 0 Å². The van der Waals surface area contributed by atoms with Gasteiger partial charge in [0.15, 0.2) is 0 Å². The number of aryl methyl sites for hydroxylation is 2. The highest BCUT2D eigenvalue weighted by Crippen LogP contribution is 2.15. The highest BCUT2D eigenvalue weighted by atomic mass is 16.6. The Labute approximate surface area is 129 Å². The Hall–Kier alpha value is -1.92. The van der Waals surface area contributed by atoms with E-state index in [1.807, 2.05) is 31.2 Å². The number of carbonyl (C=O) groups excluding carboxylic acids is 1. The van der Waals surface area contributed by atoms with Crippen molar-refractivity contribution in [2.75, 3.05) is 26.4 Å². The van der Waals surface area contributed by atoms with Gasteiger partial charge in [-0.15, -0.1) is 0 Å². The monoisotopic (exact) mass is 303 g/mol. The largest absolute Gasteiger partial charge is 0.376 e. The van der Waals surface area contributed by atoms with Gasteiger partial charge in [0.25, 0.3) is 0 Å². The van der Waals surface area contributed by atoms with Gasteiger partial charge in [0.1, 0.15) is 5.82 Å². The van der Waals surface area contributed by atoms with E-state index in [4.69, 9.17) is 9.47 Å². The molecule has 1 N–H and O–H groups in total. The van der Waals surface area contributed by atoms with Crippen LogP contribution in [-0.2, 0) is 20.8 Å². The van der Waals surface area contributed by atoms with Crippen LogP contribution in [0.2, 0.25) is 0 Å². The summed E-state index contributed by atoms with van der Waals surface area (Å²) in [6.45, 7) is 4.87. The summed E-state index contributed by atoms with van der Waals surface area (Å²) >= 11 is 0. The molecule has 6 heteroatoms. The molecule has 0 saturated carbocycles. The molecule has 6 nitrogen and oxygen atoms in total. The van der Waals surface area contributed by atoms with Gasteiger partial charge in [0.2, 0.25) is 5.91 Å². The number of hydrogen-bond acceptors (Lipinski definition) is 4. The Kier molecular flexibility index (Phi) is 4.70. The summed E-state index contributed by atoms with van der Waals surface area (Å²) in [6.07, 6.45) is 0.392. The predicted octanol–water partition coefficient (Wildman–Crippen LogP) is 1.27. The normalized spacial score (nSPS) is 18.5. The number of benzene rings is 1. The van der Waals surface area contributed by atoms with Gasteiger partial charge < -0.3 is 19.4 Å². The molecule has 1 aliphatic rings. The average molecular weight is 303 g/mol. The van der Waals surface area contributed by atoms with Gasteiger partial charge in [-0.05, 0) is 19.1 Å². The Bertz CT molecular complexity index is 647.